The Labute approximate surface area is 159 Å². The average molecular weight is 367 g/mol. The summed E-state index contributed by atoms with van der Waals surface area (Å²) >= 11 is 0. The molecule has 0 spiro atoms. The van der Waals surface area contributed by atoms with Crippen LogP contribution in [-0.2, 0) is 16.0 Å². The first-order chi connectivity index (χ1) is 13.2. The quantitative estimate of drug-likeness (QED) is 0.815. The van der Waals surface area contributed by atoms with Gasteiger partial charge in [0.05, 0.1) is 12.5 Å². The van der Waals surface area contributed by atoms with E-state index in [1.165, 1.54) is 0 Å². The van der Waals surface area contributed by atoms with Gasteiger partial charge in [0, 0.05) is 38.6 Å². The molecule has 2 amide bonds. The normalized spacial score (nSPS) is 15.3. The highest BCUT2D eigenvalue weighted by molar-refractivity contribution is 5.84. The summed E-state index contributed by atoms with van der Waals surface area (Å²) in [7, 11) is 0. The minimum absolute atomic E-state index is 0.0913. The molecule has 1 unspecified atom stereocenters. The first kappa shape index (κ1) is 18.9. The Morgan fingerprint density at radius 2 is 1.74 bits per heavy atom. The number of carbonyl (C=O) groups excluding carboxylic acids is 2. The molecule has 0 bridgehead atoms. The van der Waals surface area contributed by atoms with Crippen molar-refractivity contribution >= 4 is 12.0 Å². The molecule has 6 heteroatoms. The van der Waals surface area contributed by atoms with Gasteiger partial charge in [-0.1, -0.05) is 36.4 Å². The van der Waals surface area contributed by atoms with Crippen LogP contribution >= 0.6 is 0 Å². The van der Waals surface area contributed by atoms with Crippen molar-refractivity contribution in [1.82, 2.24) is 14.8 Å². The summed E-state index contributed by atoms with van der Waals surface area (Å²) in [6.45, 7) is 4.19. The molecular weight excluding hydrogens is 342 g/mol. The number of nitrogens with zero attached hydrogens (tertiary/aromatic N) is 3. The first-order valence-corrected chi connectivity index (χ1v) is 9.33. The molecule has 2 heterocycles. The molecule has 142 valence electrons. The van der Waals surface area contributed by atoms with E-state index in [2.05, 4.69) is 4.98 Å². The van der Waals surface area contributed by atoms with Gasteiger partial charge in [-0.3, -0.25) is 9.78 Å². The van der Waals surface area contributed by atoms with Gasteiger partial charge in [-0.25, -0.2) is 4.79 Å². The Morgan fingerprint density at radius 1 is 1.04 bits per heavy atom. The molecule has 1 aromatic heterocycles. The molecule has 1 fully saturated rings. The third-order valence-corrected chi connectivity index (χ3v) is 4.78. The van der Waals surface area contributed by atoms with E-state index in [9.17, 15) is 9.59 Å². The van der Waals surface area contributed by atoms with Crippen molar-refractivity contribution < 1.29 is 14.3 Å². The smallest absolute Gasteiger partial charge is 0.409 e. The molecule has 0 aliphatic carbocycles. The molecule has 3 rings (SSSR count). The van der Waals surface area contributed by atoms with E-state index in [4.69, 9.17) is 4.74 Å². The fraction of sp³-hybridized carbons (Fsp3) is 0.381. The molecule has 1 atom stereocenters. The summed E-state index contributed by atoms with van der Waals surface area (Å²) < 4.78 is 5.05. The fourth-order valence-electron chi connectivity index (χ4n) is 3.33. The Balaban J connectivity index is 1.71. The summed E-state index contributed by atoms with van der Waals surface area (Å²) in [6, 6.07) is 13.7. The third-order valence-electron chi connectivity index (χ3n) is 4.78. The summed E-state index contributed by atoms with van der Waals surface area (Å²) in [5, 5.41) is 0. The van der Waals surface area contributed by atoms with Crippen molar-refractivity contribution in [2.24, 2.45) is 0 Å². The first-order valence-electron chi connectivity index (χ1n) is 9.33. The molecule has 2 aromatic rings. The van der Waals surface area contributed by atoms with Crippen LogP contribution in [-0.4, -0.2) is 59.6 Å². The Kier molecular flexibility index (Phi) is 6.41. The van der Waals surface area contributed by atoms with Gasteiger partial charge >= 0.3 is 6.09 Å². The lowest BCUT2D eigenvalue weighted by atomic mass is 9.91. The van der Waals surface area contributed by atoms with Gasteiger partial charge in [-0.2, -0.15) is 0 Å². The zero-order valence-corrected chi connectivity index (χ0v) is 15.6. The lowest BCUT2D eigenvalue weighted by Crippen LogP contribution is -2.52. The van der Waals surface area contributed by atoms with Gasteiger partial charge < -0.3 is 14.5 Å². The number of amides is 2. The zero-order valence-electron chi connectivity index (χ0n) is 15.6. The number of ether oxygens (including phenoxy) is 1. The number of benzene rings is 1. The highest BCUT2D eigenvalue weighted by atomic mass is 16.6. The largest absolute Gasteiger partial charge is 0.450 e. The molecular formula is C21H25N3O3. The second kappa shape index (κ2) is 9.16. The van der Waals surface area contributed by atoms with E-state index in [1.807, 2.05) is 53.6 Å². The number of pyridine rings is 1. The molecule has 27 heavy (non-hydrogen) atoms. The van der Waals surface area contributed by atoms with Crippen LogP contribution in [0.5, 0.6) is 0 Å². The fourth-order valence-corrected chi connectivity index (χ4v) is 3.33. The number of carbonyl (C=O) groups is 2. The second-order valence-corrected chi connectivity index (χ2v) is 6.54. The van der Waals surface area contributed by atoms with E-state index < -0.39 is 0 Å². The van der Waals surface area contributed by atoms with E-state index >= 15 is 0 Å². The van der Waals surface area contributed by atoms with Gasteiger partial charge in [-0.05, 0) is 30.5 Å². The average Bonchev–Trinajstić information content (AvgIpc) is 2.73. The zero-order chi connectivity index (χ0) is 19.1. The Hall–Kier alpha value is -2.89. The second-order valence-electron chi connectivity index (χ2n) is 6.54. The van der Waals surface area contributed by atoms with Gasteiger partial charge in [0.25, 0.3) is 0 Å². The van der Waals surface area contributed by atoms with Crippen molar-refractivity contribution in [3.63, 3.8) is 0 Å². The van der Waals surface area contributed by atoms with Gasteiger partial charge in [0.1, 0.15) is 0 Å². The maximum Gasteiger partial charge on any atom is 0.409 e. The SMILES string of the molecule is CCOC(=O)N1CCN(C(=O)C(Cc2cccnc2)c2ccccc2)CC1. The molecule has 0 saturated carbocycles. The Bertz CT molecular complexity index is 744. The summed E-state index contributed by atoms with van der Waals surface area (Å²) in [4.78, 5) is 32.8. The predicted octanol–water partition coefficient (Wildman–Crippen LogP) is 2.71. The number of hydrogen-bond acceptors (Lipinski definition) is 4. The van der Waals surface area contributed by atoms with Crippen molar-refractivity contribution in [2.45, 2.75) is 19.3 Å². The third kappa shape index (κ3) is 4.84. The van der Waals surface area contributed by atoms with E-state index in [1.54, 1.807) is 18.0 Å². The maximum atomic E-state index is 13.3. The molecule has 1 aliphatic heterocycles. The van der Waals surface area contributed by atoms with Crippen LogP contribution < -0.4 is 0 Å². The predicted molar refractivity (Wildman–Crippen MR) is 102 cm³/mol. The standard InChI is InChI=1S/C21H25N3O3/c1-2-27-21(26)24-13-11-23(12-14-24)20(25)19(18-8-4-3-5-9-18)15-17-7-6-10-22-16-17/h3-10,16,19H,2,11-15H2,1H3. The molecule has 1 aliphatic rings. The number of aromatic nitrogens is 1. The molecule has 0 N–H and O–H groups in total. The lowest BCUT2D eigenvalue weighted by Gasteiger charge is -2.36. The monoisotopic (exact) mass is 367 g/mol. The van der Waals surface area contributed by atoms with E-state index in [0.29, 0.717) is 39.2 Å². The lowest BCUT2D eigenvalue weighted by molar-refractivity contribution is -0.134. The van der Waals surface area contributed by atoms with Crippen molar-refractivity contribution in [3.05, 3.63) is 66.0 Å². The van der Waals surface area contributed by atoms with Gasteiger partial charge in [-0.15, -0.1) is 0 Å². The van der Waals surface area contributed by atoms with Crippen LogP contribution in [0.3, 0.4) is 0 Å². The highest BCUT2D eigenvalue weighted by Crippen LogP contribution is 2.24. The highest BCUT2D eigenvalue weighted by Gasteiger charge is 2.30. The van der Waals surface area contributed by atoms with Crippen LogP contribution in [0.2, 0.25) is 0 Å². The van der Waals surface area contributed by atoms with Crippen LogP contribution in [0.15, 0.2) is 54.9 Å². The van der Waals surface area contributed by atoms with Crippen LogP contribution in [0.4, 0.5) is 4.79 Å². The molecule has 1 saturated heterocycles. The minimum atomic E-state index is -0.306. The number of rotatable bonds is 5. The number of piperazine rings is 1. The Morgan fingerprint density at radius 3 is 2.37 bits per heavy atom. The molecule has 0 radical (unpaired) electrons. The summed E-state index contributed by atoms with van der Waals surface area (Å²) in [5.41, 5.74) is 2.03. The van der Waals surface area contributed by atoms with Crippen LogP contribution in [0.25, 0.3) is 0 Å². The summed E-state index contributed by atoms with van der Waals surface area (Å²) in [6.07, 6.45) is 3.84. The van der Waals surface area contributed by atoms with Gasteiger partial charge in [0.2, 0.25) is 5.91 Å². The molecule has 1 aromatic carbocycles. The maximum absolute atomic E-state index is 13.3. The summed E-state index contributed by atoms with van der Waals surface area (Å²) in [5.74, 6) is -0.168. The van der Waals surface area contributed by atoms with Crippen molar-refractivity contribution in [1.29, 1.82) is 0 Å². The topological polar surface area (TPSA) is 62.7 Å². The van der Waals surface area contributed by atoms with Crippen molar-refractivity contribution in [2.75, 3.05) is 32.8 Å². The number of hydrogen-bond donors (Lipinski definition) is 0. The van der Waals surface area contributed by atoms with Crippen molar-refractivity contribution in [3.8, 4) is 0 Å². The minimum Gasteiger partial charge on any atom is -0.450 e. The van der Waals surface area contributed by atoms with Gasteiger partial charge in [0.15, 0.2) is 0 Å². The van der Waals surface area contributed by atoms with E-state index in [0.717, 1.165) is 11.1 Å². The molecule has 6 nitrogen and oxygen atoms in total. The van der Waals surface area contributed by atoms with Crippen LogP contribution in [0.1, 0.15) is 24.0 Å². The van der Waals surface area contributed by atoms with Crippen LogP contribution in [0, 0.1) is 0 Å². The van der Waals surface area contributed by atoms with E-state index in [-0.39, 0.29) is 17.9 Å².